The summed E-state index contributed by atoms with van der Waals surface area (Å²) in [5.41, 5.74) is 0.973. The second kappa shape index (κ2) is 7.81. The average Bonchev–Trinajstić information content (AvgIpc) is 3.29. The molecule has 0 saturated carbocycles. The Morgan fingerprint density at radius 2 is 1.88 bits per heavy atom. The Morgan fingerprint density at radius 1 is 1.08 bits per heavy atom. The van der Waals surface area contributed by atoms with Crippen molar-refractivity contribution >= 4 is 23.4 Å². The molecule has 2 heterocycles. The molecule has 0 aliphatic carbocycles. The molecule has 1 aromatic carbocycles. The molecule has 0 radical (unpaired) electrons. The van der Waals surface area contributed by atoms with E-state index in [0.717, 1.165) is 0 Å². The summed E-state index contributed by atoms with van der Waals surface area (Å²) in [6.07, 6.45) is 1.58. The van der Waals surface area contributed by atoms with Crippen LogP contribution in [-0.4, -0.2) is 16.9 Å². The van der Waals surface area contributed by atoms with Crippen LogP contribution in [-0.2, 0) is 16.1 Å². The number of carbonyl (C=O) groups is 2. The number of hydrogen-bond acceptors (Lipinski definition) is 6. The van der Waals surface area contributed by atoms with Crippen LogP contribution in [0.3, 0.4) is 0 Å². The van der Waals surface area contributed by atoms with Gasteiger partial charge in [0.25, 0.3) is 0 Å². The third kappa shape index (κ3) is 4.58. The quantitative estimate of drug-likeness (QED) is 0.462. The Balaban J connectivity index is 1.45. The highest BCUT2D eigenvalue weighted by Gasteiger charge is 2.13. The molecule has 0 unspecified atom stereocenters. The molecule has 0 aliphatic rings. The molecule has 0 saturated heterocycles. The molecular formula is C18H14ClNO5. The minimum Gasteiger partial charge on any atom is -0.461 e. The first-order valence-corrected chi connectivity index (χ1v) is 7.93. The lowest BCUT2D eigenvalue weighted by molar-refractivity contribution is -0.145. The molecule has 7 heteroatoms. The lowest BCUT2D eigenvalue weighted by Gasteiger charge is -2.03. The lowest BCUT2D eigenvalue weighted by atomic mass is 10.1. The van der Waals surface area contributed by atoms with Crippen LogP contribution in [0.1, 0.15) is 28.9 Å². The van der Waals surface area contributed by atoms with Gasteiger partial charge in [-0.3, -0.25) is 9.59 Å². The maximum absolute atomic E-state index is 12.0. The van der Waals surface area contributed by atoms with E-state index in [4.69, 9.17) is 25.3 Å². The molecule has 0 bridgehead atoms. The molecule has 128 valence electrons. The fraction of sp³-hybridized carbons (Fsp3) is 0.167. The van der Waals surface area contributed by atoms with Crippen LogP contribution >= 0.6 is 11.6 Å². The van der Waals surface area contributed by atoms with E-state index >= 15 is 0 Å². The van der Waals surface area contributed by atoms with E-state index in [-0.39, 0.29) is 25.2 Å². The zero-order chi connectivity index (χ0) is 17.6. The van der Waals surface area contributed by atoms with Crippen molar-refractivity contribution < 1.29 is 23.3 Å². The van der Waals surface area contributed by atoms with E-state index in [2.05, 4.69) is 5.16 Å². The van der Waals surface area contributed by atoms with E-state index < -0.39 is 5.97 Å². The van der Waals surface area contributed by atoms with Crippen molar-refractivity contribution in [3.63, 3.8) is 0 Å². The minimum absolute atomic E-state index is 0.00957. The third-order valence-electron chi connectivity index (χ3n) is 3.43. The van der Waals surface area contributed by atoms with Crippen LogP contribution in [0, 0.1) is 0 Å². The number of halogens is 1. The largest absolute Gasteiger partial charge is 0.461 e. The van der Waals surface area contributed by atoms with Crippen molar-refractivity contribution in [1.29, 1.82) is 0 Å². The number of benzene rings is 1. The SMILES string of the molecule is O=C(CCC(=O)c1ccc(Cl)cc1)OCc1cc(-c2ccco2)on1. The van der Waals surface area contributed by atoms with Gasteiger partial charge < -0.3 is 13.7 Å². The Kier molecular flexibility index (Phi) is 5.30. The highest BCUT2D eigenvalue weighted by atomic mass is 35.5. The van der Waals surface area contributed by atoms with Crippen LogP contribution in [0.2, 0.25) is 5.02 Å². The summed E-state index contributed by atoms with van der Waals surface area (Å²) >= 11 is 5.77. The fourth-order valence-electron chi connectivity index (χ4n) is 2.14. The van der Waals surface area contributed by atoms with Crippen LogP contribution < -0.4 is 0 Å². The van der Waals surface area contributed by atoms with Gasteiger partial charge in [-0.2, -0.15) is 0 Å². The van der Waals surface area contributed by atoms with Gasteiger partial charge in [0.05, 0.1) is 12.7 Å². The van der Waals surface area contributed by atoms with E-state index in [9.17, 15) is 9.59 Å². The van der Waals surface area contributed by atoms with Crippen LogP contribution in [0.4, 0.5) is 0 Å². The lowest BCUT2D eigenvalue weighted by Crippen LogP contribution is -2.08. The number of rotatable bonds is 7. The van der Waals surface area contributed by atoms with Gasteiger partial charge in [0.15, 0.2) is 11.5 Å². The van der Waals surface area contributed by atoms with Gasteiger partial charge in [-0.25, -0.2) is 0 Å². The first-order valence-electron chi connectivity index (χ1n) is 7.55. The maximum atomic E-state index is 12.0. The zero-order valence-corrected chi connectivity index (χ0v) is 13.9. The summed E-state index contributed by atoms with van der Waals surface area (Å²) in [6.45, 7) is -0.0296. The van der Waals surface area contributed by atoms with Crippen molar-refractivity contribution in [1.82, 2.24) is 5.16 Å². The molecule has 0 spiro atoms. The van der Waals surface area contributed by atoms with E-state index in [1.54, 1.807) is 42.5 Å². The average molecular weight is 360 g/mol. The Hall–Kier alpha value is -2.86. The number of hydrogen-bond donors (Lipinski definition) is 0. The van der Waals surface area contributed by atoms with Crippen molar-refractivity contribution in [2.45, 2.75) is 19.4 Å². The minimum atomic E-state index is -0.482. The van der Waals surface area contributed by atoms with Crippen molar-refractivity contribution in [3.05, 3.63) is 65.0 Å². The van der Waals surface area contributed by atoms with Gasteiger partial charge in [0.1, 0.15) is 12.3 Å². The number of esters is 1. The summed E-state index contributed by atoms with van der Waals surface area (Å²) in [4.78, 5) is 23.8. The van der Waals surface area contributed by atoms with Crippen LogP contribution in [0.25, 0.3) is 11.5 Å². The highest BCUT2D eigenvalue weighted by molar-refractivity contribution is 6.30. The normalized spacial score (nSPS) is 10.6. The number of furan rings is 1. The number of carbonyl (C=O) groups excluding carboxylic acids is 2. The molecule has 3 aromatic rings. The predicted octanol–water partition coefficient (Wildman–Crippen LogP) is 4.29. The van der Waals surface area contributed by atoms with Crippen molar-refractivity contribution in [2.24, 2.45) is 0 Å². The topological polar surface area (TPSA) is 82.5 Å². The number of nitrogens with zero attached hydrogens (tertiary/aromatic N) is 1. The standard InChI is InChI=1S/C18H14ClNO5/c19-13-5-3-12(4-6-13)15(21)7-8-18(22)24-11-14-10-17(25-20-14)16-2-1-9-23-16/h1-6,9-10H,7-8,11H2. The maximum Gasteiger partial charge on any atom is 0.306 e. The summed E-state index contributed by atoms with van der Waals surface area (Å²) in [6, 6.07) is 11.6. The summed E-state index contributed by atoms with van der Waals surface area (Å²) in [5, 5.41) is 4.36. The zero-order valence-electron chi connectivity index (χ0n) is 13.1. The number of ether oxygens (including phenoxy) is 1. The highest BCUT2D eigenvalue weighted by Crippen LogP contribution is 2.21. The van der Waals surface area contributed by atoms with Gasteiger partial charge in [-0.15, -0.1) is 0 Å². The molecule has 2 aromatic heterocycles. The third-order valence-corrected chi connectivity index (χ3v) is 3.68. The number of Topliss-reactive ketones (excluding diaryl/α,β-unsaturated/α-hetero) is 1. The first-order chi connectivity index (χ1) is 12.1. The Morgan fingerprint density at radius 3 is 2.60 bits per heavy atom. The van der Waals surface area contributed by atoms with E-state index in [1.165, 1.54) is 6.26 Å². The van der Waals surface area contributed by atoms with Crippen LogP contribution in [0.15, 0.2) is 57.7 Å². The molecular weight excluding hydrogens is 346 g/mol. The summed E-state index contributed by atoms with van der Waals surface area (Å²) < 4.78 is 15.4. The molecule has 0 fully saturated rings. The monoisotopic (exact) mass is 359 g/mol. The van der Waals surface area contributed by atoms with Crippen LogP contribution in [0.5, 0.6) is 0 Å². The molecule has 0 amide bonds. The van der Waals surface area contributed by atoms with Gasteiger partial charge >= 0.3 is 5.97 Å². The molecule has 0 atom stereocenters. The Labute approximate surface area is 148 Å². The fourth-order valence-corrected chi connectivity index (χ4v) is 2.26. The number of aromatic nitrogens is 1. The molecule has 0 N–H and O–H groups in total. The molecule has 0 aliphatic heterocycles. The van der Waals surface area contributed by atoms with E-state index in [0.29, 0.717) is 27.8 Å². The molecule has 6 nitrogen and oxygen atoms in total. The first kappa shape index (κ1) is 17.0. The van der Waals surface area contributed by atoms with E-state index in [1.807, 2.05) is 0 Å². The van der Waals surface area contributed by atoms with Gasteiger partial charge in [0, 0.05) is 23.1 Å². The predicted molar refractivity (Wildman–Crippen MR) is 89.0 cm³/mol. The number of ketones is 1. The van der Waals surface area contributed by atoms with Gasteiger partial charge in [-0.05, 0) is 36.4 Å². The second-order valence-corrected chi connectivity index (χ2v) is 5.69. The van der Waals surface area contributed by atoms with Crippen molar-refractivity contribution in [2.75, 3.05) is 0 Å². The van der Waals surface area contributed by atoms with Gasteiger partial charge in [-0.1, -0.05) is 16.8 Å². The molecule has 25 heavy (non-hydrogen) atoms. The Bertz CT molecular complexity index is 852. The molecule has 3 rings (SSSR count). The summed E-state index contributed by atoms with van der Waals surface area (Å²) in [7, 11) is 0. The smallest absolute Gasteiger partial charge is 0.306 e. The van der Waals surface area contributed by atoms with Crippen molar-refractivity contribution in [3.8, 4) is 11.5 Å². The van der Waals surface area contributed by atoms with Gasteiger partial charge in [0.2, 0.25) is 5.76 Å². The second-order valence-electron chi connectivity index (χ2n) is 5.25. The summed E-state index contributed by atoms with van der Waals surface area (Å²) in [5.74, 6) is 0.368.